The highest BCUT2D eigenvalue weighted by Crippen LogP contribution is 2.50. The van der Waals surface area contributed by atoms with Crippen LogP contribution in [-0.4, -0.2) is 138 Å². The van der Waals surface area contributed by atoms with Gasteiger partial charge in [0.1, 0.15) is 40.8 Å². The number of amides is 3. The number of aliphatic hydroxyl groups is 1. The van der Waals surface area contributed by atoms with Gasteiger partial charge in [-0.2, -0.15) is 0 Å². The molecular formula is C61H71F5N10O8. The quantitative estimate of drug-likeness (QED) is 0.0481. The Morgan fingerprint density at radius 3 is 1.62 bits per heavy atom. The van der Waals surface area contributed by atoms with E-state index in [2.05, 4.69) is 20.6 Å². The van der Waals surface area contributed by atoms with Crippen molar-refractivity contribution in [2.24, 2.45) is 11.8 Å². The highest BCUT2D eigenvalue weighted by atomic mass is 19.1. The van der Waals surface area contributed by atoms with E-state index in [0.717, 1.165) is 5.56 Å². The number of rotatable bonds is 15. The molecule has 6 fully saturated rings. The molecule has 8 heterocycles. The van der Waals surface area contributed by atoms with Crippen LogP contribution < -0.4 is 20.4 Å². The van der Waals surface area contributed by atoms with Crippen LogP contribution in [0.5, 0.6) is 0 Å². The summed E-state index contributed by atoms with van der Waals surface area (Å²) in [5.74, 6) is -3.16. The number of nitrogens with one attached hydrogen (secondary N) is 4. The number of imidazole rings is 2. The first kappa shape index (κ1) is 57.5. The van der Waals surface area contributed by atoms with E-state index in [4.69, 9.17) is 28.9 Å². The summed E-state index contributed by atoms with van der Waals surface area (Å²) in [6.07, 6.45) is 4.36. The Bertz CT molecular complexity index is 3340. The molecule has 6 aliphatic heterocycles. The maximum atomic E-state index is 17.1. The first-order valence-electron chi connectivity index (χ1n) is 29.5. The number of halogens is 5. The molecular weight excluding hydrogens is 1100 g/mol. The molecule has 0 bridgehead atoms. The van der Waals surface area contributed by atoms with Crippen LogP contribution >= 0.6 is 0 Å². The van der Waals surface area contributed by atoms with E-state index in [1.807, 2.05) is 0 Å². The lowest BCUT2D eigenvalue weighted by atomic mass is 9.89. The number of fused-ring (bicyclic) bond motifs is 2. The molecule has 448 valence electrons. The summed E-state index contributed by atoms with van der Waals surface area (Å²) in [7, 11) is 2.59. The minimum atomic E-state index is -1.38. The number of anilines is 2. The highest BCUT2D eigenvalue weighted by Gasteiger charge is 2.44. The van der Waals surface area contributed by atoms with Crippen molar-refractivity contribution in [3.63, 3.8) is 0 Å². The molecule has 0 radical (unpaired) electrons. The van der Waals surface area contributed by atoms with Gasteiger partial charge in [0.2, 0.25) is 18.2 Å². The van der Waals surface area contributed by atoms with Crippen LogP contribution in [0.1, 0.15) is 135 Å². The molecule has 3 unspecified atom stereocenters. The third kappa shape index (κ3) is 11.4. The van der Waals surface area contributed by atoms with Gasteiger partial charge in [0.25, 0.3) is 0 Å². The summed E-state index contributed by atoms with van der Waals surface area (Å²) in [6.45, 7) is 3.36. The minimum absolute atomic E-state index is 0.0724. The highest BCUT2D eigenvalue weighted by molar-refractivity contribution is 5.87. The summed E-state index contributed by atoms with van der Waals surface area (Å²) in [5.41, 5.74) is 2.70. The van der Waals surface area contributed by atoms with Crippen molar-refractivity contribution < 1.29 is 60.4 Å². The van der Waals surface area contributed by atoms with Crippen molar-refractivity contribution in [1.29, 1.82) is 0 Å². The number of alkyl carbamates (subject to hydrolysis) is 1. The van der Waals surface area contributed by atoms with Crippen molar-refractivity contribution in [2.45, 2.75) is 126 Å². The predicted octanol–water partition coefficient (Wildman–Crippen LogP) is 9.39. The first-order valence-corrected chi connectivity index (χ1v) is 29.5. The van der Waals surface area contributed by atoms with Gasteiger partial charge in [-0.1, -0.05) is 12.1 Å². The predicted molar refractivity (Wildman–Crippen MR) is 300 cm³/mol. The Morgan fingerprint density at radius 1 is 0.619 bits per heavy atom. The number of likely N-dealkylation sites (tertiary alicyclic amines) is 2. The molecule has 84 heavy (non-hydrogen) atoms. The van der Waals surface area contributed by atoms with Gasteiger partial charge in [0, 0.05) is 88.7 Å². The normalized spacial score (nSPS) is 23.2. The zero-order valence-electron chi connectivity index (χ0n) is 47.1. The summed E-state index contributed by atoms with van der Waals surface area (Å²) in [4.78, 5) is 64.6. The maximum Gasteiger partial charge on any atom is 0.407 e. The van der Waals surface area contributed by atoms with Gasteiger partial charge in [0.05, 0.1) is 59.4 Å². The van der Waals surface area contributed by atoms with E-state index < -0.39 is 72.0 Å². The number of aromatic nitrogens is 4. The van der Waals surface area contributed by atoms with E-state index in [0.29, 0.717) is 151 Å². The number of nitrogens with zero attached hydrogens (tertiary/aromatic N) is 6. The van der Waals surface area contributed by atoms with Crippen LogP contribution in [0.4, 0.5) is 38.1 Å². The number of benzene rings is 4. The van der Waals surface area contributed by atoms with E-state index >= 15 is 17.6 Å². The number of piperidine rings is 1. The van der Waals surface area contributed by atoms with Gasteiger partial charge in [0.15, 0.2) is 11.6 Å². The van der Waals surface area contributed by atoms with E-state index in [-0.39, 0.29) is 70.7 Å². The van der Waals surface area contributed by atoms with Crippen molar-refractivity contribution in [1.82, 2.24) is 40.4 Å². The topological polar surface area (TPSA) is 203 Å². The second-order valence-corrected chi connectivity index (χ2v) is 23.2. The molecule has 6 saturated heterocycles. The Hall–Kier alpha value is -6.92. The number of aliphatic hydroxyl groups excluding tert-OH is 1. The van der Waals surface area contributed by atoms with Crippen LogP contribution in [0.3, 0.4) is 0 Å². The number of carbonyl (C=O) groups is 3. The number of hydrogen-bond acceptors (Lipinski definition) is 13. The molecule has 0 saturated carbocycles. The molecule has 23 heteroatoms. The van der Waals surface area contributed by atoms with Crippen LogP contribution in [0.15, 0.2) is 60.7 Å². The molecule has 2 aromatic heterocycles. The number of hydrogen-bond donors (Lipinski definition) is 5. The number of carbonyl (C=O) groups excluding carboxylic acids is 3. The smallest absolute Gasteiger partial charge is 0.407 e. The molecule has 0 aliphatic carbocycles. The number of H-pyrrole nitrogens is 2. The summed E-state index contributed by atoms with van der Waals surface area (Å²) >= 11 is 0. The van der Waals surface area contributed by atoms with Crippen LogP contribution in [-0.2, 0) is 28.5 Å². The zero-order valence-corrected chi connectivity index (χ0v) is 47.1. The maximum absolute atomic E-state index is 17.1. The molecule has 7 atom stereocenters. The van der Waals surface area contributed by atoms with Crippen molar-refractivity contribution in [2.75, 3.05) is 76.6 Å². The van der Waals surface area contributed by atoms with Crippen molar-refractivity contribution >= 4 is 51.3 Å². The van der Waals surface area contributed by atoms with E-state index in [9.17, 15) is 23.9 Å². The number of aromatic amines is 2. The fourth-order valence-corrected chi connectivity index (χ4v) is 14.2. The van der Waals surface area contributed by atoms with Crippen molar-refractivity contribution in [3.05, 3.63) is 118 Å². The molecule has 6 aliphatic rings. The molecule has 3 amide bonds. The molecule has 0 spiro atoms. The minimum Gasteiger partial charge on any atom is -0.453 e. The van der Waals surface area contributed by atoms with Gasteiger partial charge in [-0.25, -0.2) is 36.7 Å². The fraction of sp³-hybridized carbons (Fsp3) is 0.525. The summed E-state index contributed by atoms with van der Waals surface area (Å²) < 4.78 is 103. The SMILES string of the molecule is COC(=O)N[C@H](C(=O)N1CCC[C@H]1c1nc2cc(F)c(C3CC[C@H](c4cc5[nH]c([C@@H]6CCCN6C(=O)C(NC(O)OC)C6CCOCC6)nc5cc4F)N3c3cc(F)c(N4CCC(c5ccc(F)cc5)CC4)c(F)c3)cc2[nH]1)C1CCOCC1. The lowest BCUT2D eigenvalue weighted by Gasteiger charge is -2.36. The second kappa shape index (κ2) is 24.6. The van der Waals surface area contributed by atoms with Gasteiger partial charge in [-0.05, 0) is 137 Å². The second-order valence-electron chi connectivity index (χ2n) is 23.2. The molecule has 4 aromatic carbocycles. The zero-order chi connectivity index (χ0) is 58.3. The fourth-order valence-electron chi connectivity index (χ4n) is 14.2. The Kier molecular flexibility index (Phi) is 16.8. The lowest BCUT2D eigenvalue weighted by Crippen LogP contribution is -2.54. The average molecular weight is 1170 g/mol. The van der Waals surface area contributed by atoms with Gasteiger partial charge >= 0.3 is 6.09 Å². The standard InChI is InChI=1S/C61H71F5N10O8/c1-81-60(79)71-53(35-15-23-83-24-16-35)58(77)74-19-3-5-51(74)56-67-45-29-39(41(63)31-47(45)69-56)49-11-12-50(76(49)38-27-43(65)55(44(66)28-38)73-21-13-34(14-22-73)33-7-9-37(62)10-8-33)40-30-46-48(32-42(40)64)70-57(68-46)52-6-4-20-75(52)59(78)54(72-61(80)82-2)36-17-25-84-26-18-36/h7-10,27-32,34-36,49-54,60,71,79H,3-6,11-26H2,1-2H3,(H,67,69)(H,68,70)(H,72,80)/t49-,50?,51+,52+,53?,54+,60?/m1/s1. The number of ether oxygens (including phenoxy) is 4. The molecule has 5 N–H and O–H groups in total. The van der Waals surface area contributed by atoms with Gasteiger partial charge in [-0.3, -0.25) is 14.9 Å². The largest absolute Gasteiger partial charge is 0.453 e. The molecule has 18 nitrogen and oxygen atoms in total. The van der Waals surface area contributed by atoms with Gasteiger partial charge < -0.3 is 58.9 Å². The Labute approximate surface area is 482 Å². The Balaban J connectivity index is 0.869. The number of methoxy groups -OCH3 is 2. The molecule has 12 rings (SSSR count). The average Bonchev–Trinajstić information content (AvgIpc) is 2.84. The van der Waals surface area contributed by atoms with Crippen LogP contribution in [0.2, 0.25) is 0 Å². The summed E-state index contributed by atoms with van der Waals surface area (Å²) in [6, 6.07) is 10.2. The third-order valence-corrected chi connectivity index (χ3v) is 18.5. The summed E-state index contributed by atoms with van der Waals surface area (Å²) in [5, 5.41) is 16.2. The van der Waals surface area contributed by atoms with E-state index in [1.54, 1.807) is 43.9 Å². The first-order chi connectivity index (χ1) is 40.7. The Morgan fingerprint density at radius 2 is 1.12 bits per heavy atom. The molecule has 6 aromatic rings. The van der Waals surface area contributed by atoms with Crippen LogP contribution in [0, 0.1) is 40.9 Å². The van der Waals surface area contributed by atoms with Crippen LogP contribution in [0.25, 0.3) is 22.1 Å². The third-order valence-electron chi connectivity index (χ3n) is 18.5. The monoisotopic (exact) mass is 1170 g/mol. The lowest BCUT2D eigenvalue weighted by molar-refractivity contribution is -0.147. The van der Waals surface area contributed by atoms with E-state index in [1.165, 1.54) is 50.6 Å². The van der Waals surface area contributed by atoms with Gasteiger partial charge in [-0.15, -0.1) is 0 Å². The van der Waals surface area contributed by atoms with Crippen molar-refractivity contribution in [3.8, 4) is 0 Å².